The molecule has 1 aromatic carbocycles. The first-order valence-electron chi connectivity index (χ1n) is 8.89. The number of likely N-dealkylation sites (N-methyl/N-ethyl adjacent to an activating group) is 1. The molecule has 1 aliphatic heterocycles. The highest BCUT2D eigenvalue weighted by atomic mass is 32.1. The number of fused-ring (bicyclic) bond motifs is 1. The molecule has 0 amide bonds. The van der Waals surface area contributed by atoms with Crippen LogP contribution in [0.1, 0.15) is 10.4 Å². The molecule has 5 heteroatoms. The monoisotopic (exact) mass is 352 g/mol. The molecule has 3 heterocycles. The number of benzene rings is 1. The van der Waals surface area contributed by atoms with Crippen molar-refractivity contribution in [3.63, 3.8) is 0 Å². The van der Waals surface area contributed by atoms with E-state index < -0.39 is 0 Å². The average Bonchev–Trinajstić information content (AvgIpc) is 3.06. The van der Waals surface area contributed by atoms with Crippen molar-refractivity contribution >= 4 is 22.2 Å². The summed E-state index contributed by atoms with van der Waals surface area (Å²) >= 11 is 1.75. The lowest BCUT2D eigenvalue weighted by molar-refractivity contribution is 0.251. The molecule has 0 N–H and O–H groups in total. The van der Waals surface area contributed by atoms with Gasteiger partial charge in [-0.2, -0.15) is 0 Å². The van der Waals surface area contributed by atoms with E-state index in [4.69, 9.17) is 0 Å². The van der Waals surface area contributed by atoms with Crippen LogP contribution in [-0.2, 0) is 13.0 Å². The van der Waals surface area contributed by atoms with Crippen LogP contribution in [-0.4, -0.2) is 53.0 Å². The minimum Gasteiger partial charge on any atom is -0.305 e. The van der Waals surface area contributed by atoms with E-state index in [1.54, 1.807) is 11.3 Å². The molecule has 0 bridgehead atoms. The molecule has 25 heavy (non-hydrogen) atoms. The van der Waals surface area contributed by atoms with Gasteiger partial charge >= 0.3 is 0 Å². The largest absolute Gasteiger partial charge is 0.305 e. The van der Waals surface area contributed by atoms with Crippen molar-refractivity contribution in [2.75, 3.05) is 33.2 Å². The molecule has 1 atom stereocenters. The number of thiazole rings is 1. The number of para-hydroxylation sites is 1. The van der Waals surface area contributed by atoms with E-state index >= 15 is 0 Å². The normalized spacial score (nSPS) is 20.0. The number of rotatable bonds is 4. The van der Waals surface area contributed by atoms with Crippen molar-refractivity contribution in [2.45, 2.75) is 13.0 Å². The summed E-state index contributed by atoms with van der Waals surface area (Å²) in [6, 6.07) is 10.7. The molecular weight excluding hydrogens is 328 g/mol. The highest BCUT2D eigenvalue weighted by Crippen LogP contribution is 2.22. The molecule has 0 spiro atoms. The fourth-order valence-electron chi connectivity index (χ4n) is 3.81. The summed E-state index contributed by atoms with van der Waals surface area (Å²) in [6.07, 6.45) is 4.99. The van der Waals surface area contributed by atoms with Crippen LogP contribution in [0.5, 0.6) is 0 Å². The van der Waals surface area contributed by atoms with Crippen molar-refractivity contribution in [2.24, 2.45) is 5.92 Å². The predicted octanol–water partition coefficient (Wildman–Crippen LogP) is 3.30. The second-order valence-corrected chi connectivity index (χ2v) is 8.00. The summed E-state index contributed by atoms with van der Waals surface area (Å²) in [5.41, 5.74) is 4.46. The second-order valence-electron chi connectivity index (χ2n) is 7.03. The van der Waals surface area contributed by atoms with E-state index in [2.05, 4.69) is 51.1 Å². The van der Waals surface area contributed by atoms with Gasteiger partial charge in [0.15, 0.2) is 0 Å². The summed E-state index contributed by atoms with van der Waals surface area (Å²) in [7, 11) is 2.24. The van der Waals surface area contributed by atoms with E-state index in [-0.39, 0.29) is 0 Å². The van der Waals surface area contributed by atoms with Crippen LogP contribution in [0.25, 0.3) is 10.9 Å². The van der Waals surface area contributed by atoms with Gasteiger partial charge in [0, 0.05) is 55.4 Å². The highest BCUT2D eigenvalue weighted by molar-refractivity contribution is 7.09. The molecule has 130 valence electrons. The Morgan fingerprint density at radius 2 is 2.08 bits per heavy atom. The second kappa shape index (κ2) is 7.60. The molecule has 0 radical (unpaired) electrons. The van der Waals surface area contributed by atoms with E-state index in [1.165, 1.54) is 15.8 Å². The molecule has 0 aliphatic carbocycles. The van der Waals surface area contributed by atoms with Crippen molar-refractivity contribution in [1.82, 2.24) is 19.8 Å². The zero-order valence-electron chi connectivity index (χ0n) is 14.6. The van der Waals surface area contributed by atoms with Gasteiger partial charge in [-0.15, -0.1) is 11.3 Å². The maximum atomic E-state index is 4.64. The van der Waals surface area contributed by atoms with Gasteiger partial charge in [0.1, 0.15) is 0 Å². The van der Waals surface area contributed by atoms with Crippen LogP contribution in [0.3, 0.4) is 0 Å². The van der Waals surface area contributed by atoms with Gasteiger partial charge in [0.2, 0.25) is 0 Å². The first-order chi connectivity index (χ1) is 12.3. The van der Waals surface area contributed by atoms with Gasteiger partial charge in [-0.1, -0.05) is 24.3 Å². The zero-order valence-corrected chi connectivity index (χ0v) is 15.5. The summed E-state index contributed by atoms with van der Waals surface area (Å²) in [5, 5.41) is 1.24. The maximum absolute atomic E-state index is 4.64. The number of pyridine rings is 1. The van der Waals surface area contributed by atoms with Gasteiger partial charge < -0.3 is 4.90 Å². The third-order valence-corrected chi connectivity index (χ3v) is 5.74. The average molecular weight is 353 g/mol. The van der Waals surface area contributed by atoms with Crippen molar-refractivity contribution in [3.8, 4) is 0 Å². The smallest absolute Gasteiger partial charge is 0.0794 e. The molecule has 1 aliphatic rings. The lowest BCUT2D eigenvalue weighted by Gasteiger charge is -2.23. The Bertz CT molecular complexity index is 812. The number of hydrogen-bond donors (Lipinski definition) is 0. The molecule has 0 saturated carbocycles. The van der Waals surface area contributed by atoms with Crippen LogP contribution >= 0.6 is 11.3 Å². The zero-order chi connectivity index (χ0) is 17.1. The highest BCUT2D eigenvalue weighted by Gasteiger charge is 2.22. The quantitative estimate of drug-likeness (QED) is 0.721. The number of nitrogens with zero attached hydrogens (tertiary/aromatic N) is 4. The molecule has 1 fully saturated rings. The Balaban J connectivity index is 1.53. The summed E-state index contributed by atoms with van der Waals surface area (Å²) in [5.74, 6) is 0.619. The first kappa shape index (κ1) is 16.6. The fraction of sp³-hybridized carbons (Fsp3) is 0.400. The molecule has 1 saturated heterocycles. The summed E-state index contributed by atoms with van der Waals surface area (Å²) in [4.78, 5) is 15.3. The summed E-state index contributed by atoms with van der Waals surface area (Å²) in [6.45, 7) is 5.54. The molecule has 0 unspecified atom stereocenters. The number of aromatic nitrogens is 2. The van der Waals surface area contributed by atoms with Crippen LogP contribution in [0.15, 0.2) is 48.2 Å². The van der Waals surface area contributed by atoms with Crippen molar-refractivity contribution in [3.05, 3.63) is 58.7 Å². The Labute approximate surface area is 153 Å². The molecular formula is C20H24N4S. The minimum atomic E-state index is 0.619. The third kappa shape index (κ3) is 4.06. The third-order valence-electron chi connectivity index (χ3n) is 4.97. The van der Waals surface area contributed by atoms with Gasteiger partial charge in [-0.3, -0.25) is 14.9 Å². The van der Waals surface area contributed by atoms with Crippen LogP contribution < -0.4 is 0 Å². The standard InChI is InChI=1S/C20H24N4S/c1-23-8-9-24(14-19-11-21-15-25-19)13-16(12-23)10-18-5-2-4-17-6-3-7-22-20(17)18/h2-7,11,15-16H,8-10,12-14H2,1H3/t16-/m0/s1. The van der Waals surface area contributed by atoms with E-state index in [0.717, 1.165) is 44.7 Å². The topological polar surface area (TPSA) is 32.3 Å². The van der Waals surface area contributed by atoms with Gasteiger partial charge in [0.05, 0.1) is 11.0 Å². The summed E-state index contributed by atoms with van der Waals surface area (Å²) < 4.78 is 0. The van der Waals surface area contributed by atoms with E-state index in [1.807, 2.05) is 24.0 Å². The molecule has 4 rings (SSSR count). The minimum absolute atomic E-state index is 0.619. The van der Waals surface area contributed by atoms with Crippen molar-refractivity contribution in [1.29, 1.82) is 0 Å². The fourth-order valence-corrected chi connectivity index (χ4v) is 4.45. The van der Waals surface area contributed by atoms with Crippen LogP contribution in [0.4, 0.5) is 0 Å². The lowest BCUT2D eigenvalue weighted by atomic mass is 9.96. The molecule has 4 nitrogen and oxygen atoms in total. The first-order valence-corrected chi connectivity index (χ1v) is 9.77. The number of hydrogen-bond acceptors (Lipinski definition) is 5. The maximum Gasteiger partial charge on any atom is 0.0794 e. The Morgan fingerprint density at radius 3 is 2.96 bits per heavy atom. The predicted molar refractivity (Wildman–Crippen MR) is 104 cm³/mol. The van der Waals surface area contributed by atoms with Gasteiger partial charge in [-0.05, 0) is 31.0 Å². The molecule has 2 aromatic heterocycles. The Morgan fingerprint density at radius 1 is 1.16 bits per heavy atom. The van der Waals surface area contributed by atoms with Gasteiger partial charge in [0.25, 0.3) is 0 Å². The van der Waals surface area contributed by atoms with E-state index in [9.17, 15) is 0 Å². The van der Waals surface area contributed by atoms with Crippen molar-refractivity contribution < 1.29 is 0 Å². The lowest BCUT2D eigenvalue weighted by Crippen LogP contribution is -2.30. The Hall–Kier alpha value is -1.82. The van der Waals surface area contributed by atoms with Crippen LogP contribution in [0, 0.1) is 5.92 Å². The molecule has 3 aromatic rings. The van der Waals surface area contributed by atoms with Crippen LogP contribution in [0.2, 0.25) is 0 Å². The van der Waals surface area contributed by atoms with E-state index in [0.29, 0.717) is 5.92 Å². The Kier molecular flexibility index (Phi) is 5.06. The SMILES string of the molecule is CN1CCN(Cc2cncs2)C[C@@H](Cc2cccc3cccnc23)C1. The van der Waals surface area contributed by atoms with Gasteiger partial charge in [-0.25, -0.2) is 0 Å².